The van der Waals surface area contributed by atoms with E-state index in [-0.39, 0.29) is 12.2 Å². The molecule has 7 nitrogen and oxygen atoms in total. The summed E-state index contributed by atoms with van der Waals surface area (Å²) in [7, 11) is 2.85. The van der Waals surface area contributed by atoms with Crippen LogP contribution in [0.2, 0.25) is 0 Å². The first-order valence-electron chi connectivity index (χ1n) is 9.56. The number of hydrazine groups is 1. The third-order valence-electron chi connectivity index (χ3n) is 4.27. The Morgan fingerprint density at radius 1 is 0.967 bits per heavy atom. The number of halogens is 1. The summed E-state index contributed by atoms with van der Waals surface area (Å²) in [5, 5.41) is 0. The number of rotatable bonds is 9. The van der Waals surface area contributed by atoms with E-state index in [9.17, 15) is 14.0 Å². The van der Waals surface area contributed by atoms with Gasteiger partial charge in [0.1, 0.15) is 0 Å². The van der Waals surface area contributed by atoms with Crippen LogP contribution in [0.15, 0.2) is 36.4 Å². The molecule has 0 aliphatic heterocycles. The smallest absolute Gasteiger partial charge is 0.269 e. The van der Waals surface area contributed by atoms with E-state index in [4.69, 9.17) is 14.2 Å². The molecule has 0 aromatic heterocycles. The van der Waals surface area contributed by atoms with E-state index in [1.807, 2.05) is 0 Å². The topological polar surface area (TPSA) is 85.9 Å². The van der Waals surface area contributed by atoms with Crippen molar-refractivity contribution >= 4 is 11.8 Å². The van der Waals surface area contributed by atoms with Crippen LogP contribution in [-0.2, 0) is 11.2 Å². The first-order valence-corrected chi connectivity index (χ1v) is 9.56. The van der Waals surface area contributed by atoms with Crippen LogP contribution < -0.4 is 25.1 Å². The Hall–Kier alpha value is -3.29. The van der Waals surface area contributed by atoms with Crippen LogP contribution in [0, 0.1) is 11.7 Å². The first-order chi connectivity index (χ1) is 14.3. The van der Waals surface area contributed by atoms with Crippen molar-refractivity contribution in [3.05, 3.63) is 53.3 Å². The Bertz CT molecular complexity index is 886. The van der Waals surface area contributed by atoms with Gasteiger partial charge in [-0.2, -0.15) is 0 Å². The lowest BCUT2D eigenvalue weighted by Gasteiger charge is -2.13. The summed E-state index contributed by atoms with van der Waals surface area (Å²) in [6.45, 7) is 4.75. The van der Waals surface area contributed by atoms with Gasteiger partial charge < -0.3 is 14.2 Å². The highest BCUT2D eigenvalue weighted by Crippen LogP contribution is 2.28. The molecular formula is C22H27FN2O5. The summed E-state index contributed by atoms with van der Waals surface area (Å²) >= 11 is 0. The maximum absolute atomic E-state index is 13.7. The van der Waals surface area contributed by atoms with Gasteiger partial charge in [-0.15, -0.1) is 0 Å². The predicted octanol–water partition coefficient (Wildman–Crippen LogP) is 3.27. The molecule has 8 heteroatoms. The first kappa shape index (κ1) is 23.0. The maximum atomic E-state index is 13.7. The van der Waals surface area contributed by atoms with Gasteiger partial charge in [-0.3, -0.25) is 20.4 Å². The van der Waals surface area contributed by atoms with Crippen LogP contribution >= 0.6 is 0 Å². The van der Waals surface area contributed by atoms with Gasteiger partial charge in [-0.25, -0.2) is 4.39 Å². The molecule has 0 aliphatic rings. The fourth-order valence-corrected chi connectivity index (χ4v) is 2.58. The van der Waals surface area contributed by atoms with Crippen molar-refractivity contribution in [3.63, 3.8) is 0 Å². The van der Waals surface area contributed by atoms with E-state index in [1.54, 1.807) is 18.2 Å². The molecule has 0 atom stereocenters. The second-order valence-corrected chi connectivity index (χ2v) is 7.04. The Balaban J connectivity index is 1.92. The number of amides is 2. The van der Waals surface area contributed by atoms with E-state index in [1.165, 1.54) is 32.4 Å². The van der Waals surface area contributed by atoms with E-state index in [0.717, 1.165) is 6.42 Å². The highest BCUT2D eigenvalue weighted by molar-refractivity contribution is 5.96. The minimum atomic E-state index is -0.561. The molecule has 2 rings (SSSR count). The Morgan fingerprint density at radius 3 is 2.30 bits per heavy atom. The number of carbonyl (C=O) groups is 2. The summed E-state index contributed by atoms with van der Waals surface area (Å²) < 4.78 is 29.5. The van der Waals surface area contributed by atoms with Crippen molar-refractivity contribution in [1.82, 2.24) is 10.9 Å². The van der Waals surface area contributed by atoms with Crippen LogP contribution in [0.5, 0.6) is 17.2 Å². The average Bonchev–Trinajstić information content (AvgIpc) is 2.72. The van der Waals surface area contributed by atoms with Gasteiger partial charge >= 0.3 is 0 Å². The molecule has 0 heterocycles. The van der Waals surface area contributed by atoms with Crippen LogP contribution in [0.3, 0.4) is 0 Å². The summed E-state index contributed by atoms with van der Waals surface area (Å²) in [4.78, 5) is 24.4. The molecule has 0 bridgehead atoms. The minimum absolute atomic E-state index is 0.0954. The molecule has 2 aromatic carbocycles. The second kappa shape index (κ2) is 11.0. The third kappa shape index (κ3) is 6.65. The zero-order valence-electron chi connectivity index (χ0n) is 17.6. The van der Waals surface area contributed by atoms with Crippen molar-refractivity contribution < 1.29 is 28.2 Å². The van der Waals surface area contributed by atoms with Crippen LogP contribution in [0.1, 0.15) is 36.2 Å². The molecule has 0 saturated carbocycles. The van der Waals surface area contributed by atoms with Crippen LogP contribution in [0.25, 0.3) is 0 Å². The highest BCUT2D eigenvalue weighted by Gasteiger charge is 2.13. The Morgan fingerprint density at radius 2 is 1.67 bits per heavy atom. The summed E-state index contributed by atoms with van der Waals surface area (Å²) in [5.74, 6) is 0.00302. The fourth-order valence-electron chi connectivity index (χ4n) is 2.58. The molecule has 0 spiro atoms. The molecule has 30 heavy (non-hydrogen) atoms. The molecule has 2 N–H and O–H groups in total. The number of benzene rings is 2. The van der Waals surface area contributed by atoms with E-state index >= 15 is 0 Å². The predicted molar refractivity (Wildman–Crippen MR) is 110 cm³/mol. The number of hydrogen-bond acceptors (Lipinski definition) is 5. The molecule has 0 fully saturated rings. The number of ether oxygens (including phenoxy) is 3. The van der Waals surface area contributed by atoms with Gasteiger partial charge in [0.15, 0.2) is 23.1 Å². The van der Waals surface area contributed by atoms with Gasteiger partial charge in [0.05, 0.1) is 27.2 Å². The van der Waals surface area contributed by atoms with Crippen molar-refractivity contribution in [2.45, 2.75) is 26.7 Å². The highest BCUT2D eigenvalue weighted by atomic mass is 19.1. The Kier molecular flexibility index (Phi) is 8.46. The largest absolute Gasteiger partial charge is 0.494 e. The van der Waals surface area contributed by atoms with Gasteiger partial charge in [0.2, 0.25) is 5.91 Å². The summed E-state index contributed by atoms with van der Waals surface area (Å²) in [6, 6.07) is 8.98. The lowest BCUT2D eigenvalue weighted by Crippen LogP contribution is -2.42. The van der Waals surface area contributed by atoms with Crippen molar-refractivity contribution in [1.29, 1.82) is 0 Å². The molecule has 2 aromatic rings. The zero-order chi connectivity index (χ0) is 22.1. The fraction of sp³-hybridized carbons (Fsp3) is 0.364. The van der Waals surface area contributed by atoms with Crippen molar-refractivity contribution in [3.8, 4) is 17.2 Å². The van der Waals surface area contributed by atoms with Gasteiger partial charge in [-0.05, 0) is 48.2 Å². The molecular weight excluding hydrogens is 391 g/mol. The molecule has 162 valence electrons. The Labute approximate surface area is 175 Å². The monoisotopic (exact) mass is 418 g/mol. The lowest BCUT2D eigenvalue weighted by molar-refractivity contribution is -0.121. The van der Waals surface area contributed by atoms with Crippen molar-refractivity contribution in [2.24, 2.45) is 5.92 Å². The molecule has 0 aliphatic carbocycles. The van der Waals surface area contributed by atoms with E-state index in [0.29, 0.717) is 35.2 Å². The second-order valence-electron chi connectivity index (χ2n) is 7.04. The van der Waals surface area contributed by atoms with E-state index < -0.39 is 17.6 Å². The van der Waals surface area contributed by atoms with Crippen LogP contribution in [0.4, 0.5) is 4.39 Å². The minimum Gasteiger partial charge on any atom is -0.494 e. The lowest BCUT2D eigenvalue weighted by atomic mass is 10.1. The standard InChI is InChI=1S/C22H27FN2O5/c1-14(2)9-10-30-19-8-6-16(13-20(19)29-4)22(27)25-24-21(26)12-15-5-7-18(28-3)17(23)11-15/h5-8,11,13-14H,9-10,12H2,1-4H3,(H,24,26)(H,25,27). The molecule has 0 saturated heterocycles. The summed E-state index contributed by atoms with van der Waals surface area (Å²) in [5.41, 5.74) is 5.38. The number of methoxy groups -OCH3 is 2. The number of carbonyl (C=O) groups excluding carboxylic acids is 2. The molecule has 0 radical (unpaired) electrons. The van der Waals surface area contributed by atoms with Crippen molar-refractivity contribution in [2.75, 3.05) is 20.8 Å². The van der Waals surface area contributed by atoms with Gasteiger partial charge in [0, 0.05) is 5.56 Å². The average molecular weight is 418 g/mol. The number of hydrogen-bond donors (Lipinski definition) is 2. The van der Waals surface area contributed by atoms with Gasteiger partial charge in [-0.1, -0.05) is 19.9 Å². The third-order valence-corrected chi connectivity index (χ3v) is 4.27. The maximum Gasteiger partial charge on any atom is 0.269 e. The zero-order valence-corrected chi connectivity index (χ0v) is 17.6. The van der Waals surface area contributed by atoms with E-state index in [2.05, 4.69) is 24.7 Å². The molecule has 0 unspecified atom stereocenters. The van der Waals surface area contributed by atoms with Crippen LogP contribution in [-0.4, -0.2) is 32.6 Å². The summed E-state index contributed by atoms with van der Waals surface area (Å²) in [6.07, 6.45) is 0.794. The normalized spacial score (nSPS) is 10.5. The quantitative estimate of drug-likeness (QED) is 0.611. The number of nitrogens with one attached hydrogen (secondary N) is 2. The SMILES string of the molecule is COc1ccc(CC(=O)NNC(=O)c2ccc(OCCC(C)C)c(OC)c2)cc1F. The molecule has 2 amide bonds. The van der Waals surface area contributed by atoms with Gasteiger partial charge in [0.25, 0.3) is 5.91 Å².